The van der Waals surface area contributed by atoms with Gasteiger partial charge in [0.2, 0.25) is 5.88 Å². The van der Waals surface area contributed by atoms with Gasteiger partial charge in [0.1, 0.15) is 5.75 Å². The van der Waals surface area contributed by atoms with Crippen molar-refractivity contribution >= 4 is 0 Å². The van der Waals surface area contributed by atoms with Gasteiger partial charge >= 0.3 is 0 Å². The monoisotopic (exact) mass is 270 g/mol. The number of hydrogen-bond acceptors (Lipinski definition) is 3. The van der Waals surface area contributed by atoms with Gasteiger partial charge in [-0.15, -0.1) is 0 Å². The summed E-state index contributed by atoms with van der Waals surface area (Å²) in [6.45, 7) is 8.13. The molecule has 0 saturated heterocycles. The van der Waals surface area contributed by atoms with Crippen LogP contribution in [0.15, 0.2) is 36.5 Å². The van der Waals surface area contributed by atoms with E-state index in [0.717, 1.165) is 30.8 Å². The summed E-state index contributed by atoms with van der Waals surface area (Å²) in [6, 6.07) is 10.1. The van der Waals surface area contributed by atoms with E-state index in [1.807, 2.05) is 37.4 Å². The van der Waals surface area contributed by atoms with Crippen LogP contribution < -0.4 is 10.1 Å². The fourth-order valence-corrected chi connectivity index (χ4v) is 1.95. The molecule has 0 amide bonds. The average molecular weight is 270 g/mol. The summed E-state index contributed by atoms with van der Waals surface area (Å²) >= 11 is 0. The molecule has 0 bridgehead atoms. The lowest BCUT2D eigenvalue weighted by Gasteiger charge is -2.10. The predicted octanol–water partition coefficient (Wildman–Crippen LogP) is 3.99. The number of ether oxygens (including phenoxy) is 1. The van der Waals surface area contributed by atoms with Gasteiger partial charge in [0, 0.05) is 18.3 Å². The zero-order valence-electron chi connectivity index (χ0n) is 12.4. The molecule has 0 aliphatic rings. The molecule has 20 heavy (non-hydrogen) atoms. The topological polar surface area (TPSA) is 34.2 Å². The van der Waals surface area contributed by atoms with Crippen LogP contribution in [0.25, 0.3) is 0 Å². The molecule has 2 rings (SSSR count). The molecule has 3 heteroatoms. The number of hydrogen-bond donors (Lipinski definition) is 1. The minimum absolute atomic E-state index is 0.674. The Balaban J connectivity index is 2.03. The highest BCUT2D eigenvalue weighted by Crippen LogP contribution is 2.23. The van der Waals surface area contributed by atoms with Crippen molar-refractivity contribution in [3.63, 3.8) is 0 Å². The molecule has 0 aliphatic carbocycles. The third kappa shape index (κ3) is 4.07. The minimum atomic E-state index is 0.674. The van der Waals surface area contributed by atoms with Crippen molar-refractivity contribution < 1.29 is 4.74 Å². The van der Waals surface area contributed by atoms with E-state index in [1.165, 1.54) is 11.1 Å². The van der Waals surface area contributed by atoms with E-state index in [2.05, 4.69) is 30.2 Å². The number of aryl methyl sites for hydroxylation is 2. The highest BCUT2D eigenvalue weighted by Gasteiger charge is 2.04. The Morgan fingerprint density at radius 2 is 1.90 bits per heavy atom. The van der Waals surface area contributed by atoms with Crippen molar-refractivity contribution in [3.8, 4) is 11.6 Å². The van der Waals surface area contributed by atoms with Crippen molar-refractivity contribution in [1.82, 2.24) is 10.3 Å². The Labute approximate surface area is 121 Å². The Morgan fingerprint density at radius 1 is 1.15 bits per heavy atom. The molecule has 3 nitrogen and oxygen atoms in total. The maximum Gasteiger partial charge on any atom is 0.222 e. The summed E-state index contributed by atoms with van der Waals surface area (Å²) in [5.74, 6) is 1.50. The van der Waals surface area contributed by atoms with Crippen molar-refractivity contribution in [2.45, 2.75) is 33.7 Å². The Morgan fingerprint density at radius 3 is 2.55 bits per heavy atom. The Kier molecular flexibility index (Phi) is 5.13. The van der Waals surface area contributed by atoms with Gasteiger partial charge in [0.25, 0.3) is 0 Å². The van der Waals surface area contributed by atoms with Crippen LogP contribution in [-0.4, -0.2) is 11.5 Å². The second-order valence-corrected chi connectivity index (χ2v) is 5.06. The number of nitrogens with one attached hydrogen (secondary N) is 1. The van der Waals surface area contributed by atoms with E-state index in [1.54, 1.807) is 0 Å². The first-order valence-corrected chi connectivity index (χ1v) is 7.10. The van der Waals surface area contributed by atoms with Gasteiger partial charge in [-0.1, -0.05) is 24.6 Å². The Bertz CT molecular complexity index is 549. The largest absolute Gasteiger partial charge is 0.439 e. The maximum absolute atomic E-state index is 5.81. The van der Waals surface area contributed by atoms with Crippen LogP contribution in [0.5, 0.6) is 11.6 Å². The zero-order chi connectivity index (χ0) is 14.4. The third-order valence-electron chi connectivity index (χ3n) is 3.08. The van der Waals surface area contributed by atoms with Gasteiger partial charge in [-0.05, 0) is 50.6 Å². The molecule has 1 aromatic heterocycles. The molecule has 2 aromatic rings. The fraction of sp³-hybridized carbons (Fsp3) is 0.353. The van der Waals surface area contributed by atoms with Gasteiger partial charge < -0.3 is 10.1 Å². The van der Waals surface area contributed by atoms with E-state index < -0.39 is 0 Å². The lowest BCUT2D eigenvalue weighted by molar-refractivity contribution is 0.458. The quantitative estimate of drug-likeness (QED) is 0.806. The molecule has 0 radical (unpaired) electrons. The third-order valence-corrected chi connectivity index (χ3v) is 3.08. The van der Waals surface area contributed by atoms with Crippen LogP contribution in [0.3, 0.4) is 0 Å². The van der Waals surface area contributed by atoms with Crippen LogP contribution in [0.1, 0.15) is 30.0 Å². The van der Waals surface area contributed by atoms with Gasteiger partial charge in [-0.2, -0.15) is 0 Å². The van der Waals surface area contributed by atoms with Gasteiger partial charge in [0.05, 0.1) is 0 Å². The van der Waals surface area contributed by atoms with E-state index in [0.29, 0.717) is 5.88 Å². The van der Waals surface area contributed by atoms with Crippen molar-refractivity contribution in [2.75, 3.05) is 6.54 Å². The smallest absolute Gasteiger partial charge is 0.222 e. The van der Waals surface area contributed by atoms with E-state index >= 15 is 0 Å². The van der Waals surface area contributed by atoms with E-state index in [9.17, 15) is 0 Å². The molecule has 1 N–H and O–H groups in total. The van der Waals surface area contributed by atoms with Gasteiger partial charge in [-0.25, -0.2) is 4.98 Å². The molecular formula is C17H22N2O. The molecule has 0 aliphatic heterocycles. The minimum Gasteiger partial charge on any atom is -0.439 e. The van der Waals surface area contributed by atoms with Crippen LogP contribution in [0.4, 0.5) is 0 Å². The van der Waals surface area contributed by atoms with Gasteiger partial charge in [-0.3, -0.25) is 0 Å². The normalized spacial score (nSPS) is 10.6. The van der Waals surface area contributed by atoms with Crippen molar-refractivity contribution in [3.05, 3.63) is 53.2 Å². The lowest BCUT2D eigenvalue weighted by Crippen LogP contribution is -2.14. The number of aromatic nitrogens is 1. The number of benzene rings is 1. The molecular weight excluding hydrogens is 248 g/mol. The number of pyridine rings is 1. The first-order chi connectivity index (χ1) is 9.69. The standard InChI is InChI=1S/C17H22N2O/c1-4-9-18-11-15-10-14(3)17(19-12-15)20-16-7-5-13(2)6-8-16/h5-8,10,12,18H,4,9,11H2,1-3H3. The molecule has 106 valence electrons. The molecule has 1 heterocycles. The Hall–Kier alpha value is -1.87. The highest BCUT2D eigenvalue weighted by atomic mass is 16.5. The molecule has 0 unspecified atom stereocenters. The lowest BCUT2D eigenvalue weighted by atomic mass is 10.2. The van der Waals surface area contributed by atoms with E-state index in [-0.39, 0.29) is 0 Å². The fourth-order valence-electron chi connectivity index (χ4n) is 1.95. The van der Waals surface area contributed by atoms with Crippen molar-refractivity contribution in [2.24, 2.45) is 0 Å². The van der Waals surface area contributed by atoms with Gasteiger partial charge in [0.15, 0.2) is 0 Å². The zero-order valence-corrected chi connectivity index (χ0v) is 12.4. The summed E-state index contributed by atoms with van der Waals surface area (Å²) in [4.78, 5) is 4.41. The van der Waals surface area contributed by atoms with Crippen LogP contribution in [0, 0.1) is 13.8 Å². The van der Waals surface area contributed by atoms with Crippen molar-refractivity contribution in [1.29, 1.82) is 0 Å². The number of rotatable bonds is 6. The first-order valence-electron chi connectivity index (χ1n) is 7.10. The molecule has 0 spiro atoms. The summed E-state index contributed by atoms with van der Waals surface area (Å²) in [5, 5.41) is 3.37. The molecule has 0 saturated carbocycles. The molecule has 1 aromatic carbocycles. The first kappa shape index (κ1) is 14.5. The van der Waals surface area contributed by atoms with E-state index in [4.69, 9.17) is 4.74 Å². The summed E-state index contributed by atoms with van der Waals surface area (Å²) < 4.78 is 5.81. The van der Waals surface area contributed by atoms with Crippen LogP contribution >= 0.6 is 0 Å². The highest BCUT2D eigenvalue weighted by molar-refractivity contribution is 5.34. The maximum atomic E-state index is 5.81. The van der Waals surface area contributed by atoms with Crippen LogP contribution in [-0.2, 0) is 6.54 Å². The second-order valence-electron chi connectivity index (χ2n) is 5.06. The summed E-state index contributed by atoms with van der Waals surface area (Å²) in [6.07, 6.45) is 3.01. The molecule has 0 fully saturated rings. The predicted molar refractivity (Wildman–Crippen MR) is 82.2 cm³/mol. The molecule has 0 atom stereocenters. The number of nitrogens with zero attached hydrogens (tertiary/aromatic N) is 1. The summed E-state index contributed by atoms with van der Waals surface area (Å²) in [7, 11) is 0. The second kappa shape index (κ2) is 7.06. The summed E-state index contributed by atoms with van der Waals surface area (Å²) in [5.41, 5.74) is 3.47. The SMILES string of the molecule is CCCNCc1cnc(Oc2ccc(C)cc2)c(C)c1. The van der Waals surface area contributed by atoms with Crippen LogP contribution in [0.2, 0.25) is 0 Å². The average Bonchev–Trinajstić information content (AvgIpc) is 2.44.